The second-order valence-corrected chi connectivity index (χ2v) is 7.30. The highest BCUT2D eigenvalue weighted by Gasteiger charge is 2.27. The summed E-state index contributed by atoms with van der Waals surface area (Å²) in [7, 11) is 0. The van der Waals surface area contributed by atoms with Gasteiger partial charge in [-0.3, -0.25) is 4.90 Å². The number of piperidine rings is 1. The zero-order valence-corrected chi connectivity index (χ0v) is 14.9. The number of rotatable bonds is 3. The maximum absolute atomic E-state index is 9.75. The lowest BCUT2D eigenvalue weighted by atomic mass is 9.95. The molecule has 0 spiro atoms. The zero-order chi connectivity index (χ0) is 17.2. The molecule has 1 N–H and O–H groups in total. The van der Waals surface area contributed by atoms with E-state index in [9.17, 15) is 5.11 Å². The molecule has 0 bridgehead atoms. The fraction of sp³-hybridized carbons (Fsp3) is 0.476. The molecule has 0 aliphatic carbocycles. The van der Waals surface area contributed by atoms with Crippen LogP contribution < -0.4 is 4.90 Å². The number of aromatic nitrogens is 1. The summed E-state index contributed by atoms with van der Waals surface area (Å²) in [4.78, 5) is 9.65. The van der Waals surface area contributed by atoms with Crippen molar-refractivity contribution in [1.82, 2.24) is 9.88 Å². The smallest absolute Gasteiger partial charge is 0.128 e. The Labute approximate surface area is 150 Å². The summed E-state index contributed by atoms with van der Waals surface area (Å²) < 4.78 is 0. The van der Waals surface area contributed by atoms with Crippen molar-refractivity contribution in [3.63, 3.8) is 0 Å². The number of benzene rings is 1. The number of hydrogen-bond donors (Lipinski definition) is 1. The molecule has 1 atom stereocenters. The lowest BCUT2D eigenvalue weighted by Gasteiger charge is -2.41. The Kier molecular flexibility index (Phi) is 4.73. The van der Waals surface area contributed by atoms with Crippen molar-refractivity contribution in [2.75, 3.05) is 24.5 Å². The third kappa shape index (κ3) is 3.55. The summed E-state index contributed by atoms with van der Waals surface area (Å²) in [5.41, 5.74) is 3.78. The van der Waals surface area contributed by atoms with Crippen molar-refractivity contribution in [1.29, 1.82) is 0 Å². The molecule has 132 valence electrons. The normalized spacial score (nSPS) is 20.3. The Bertz CT molecular complexity index is 723. The third-order valence-corrected chi connectivity index (χ3v) is 5.65. The molecule has 4 heteroatoms. The van der Waals surface area contributed by atoms with E-state index in [-0.39, 0.29) is 0 Å². The van der Waals surface area contributed by atoms with Crippen LogP contribution in [0.1, 0.15) is 42.7 Å². The summed E-state index contributed by atoms with van der Waals surface area (Å²) in [5, 5.41) is 9.75. The molecule has 2 aromatic rings. The number of fused-ring (bicyclic) bond motifs is 1. The van der Waals surface area contributed by atoms with Gasteiger partial charge in [0.2, 0.25) is 0 Å². The van der Waals surface area contributed by atoms with Crippen LogP contribution in [0.3, 0.4) is 0 Å². The number of aliphatic hydroxyl groups excluding tert-OH is 1. The number of pyridine rings is 1. The van der Waals surface area contributed by atoms with Gasteiger partial charge in [0.25, 0.3) is 0 Å². The maximum atomic E-state index is 9.75. The first kappa shape index (κ1) is 16.6. The number of aliphatic hydroxyl groups is 1. The lowest BCUT2D eigenvalue weighted by molar-refractivity contribution is 0.153. The Morgan fingerprint density at radius 1 is 1.00 bits per heavy atom. The minimum atomic E-state index is -0.508. The molecule has 0 unspecified atom stereocenters. The minimum absolute atomic E-state index is 0.508. The first-order valence-corrected chi connectivity index (χ1v) is 9.41. The van der Waals surface area contributed by atoms with Gasteiger partial charge in [-0.25, -0.2) is 4.98 Å². The average Bonchev–Trinajstić information content (AvgIpc) is 2.68. The minimum Gasteiger partial charge on any atom is -0.387 e. The van der Waals surface area contributed by atoms with Crippen molar-refractivity contribution >= 4 is 5.82 Å². The SMILES string of the molecule is C[C@@H](O)c1cccc(N2CCC(N3CCc4ccccc4C3)CC2)n1. The van der Waals surface area contributed by atoms with E-state index in [1.807, 2.05) is 12.1 Å². The first-order valence-electron chi connectivity index (χ1n) is 9.41. The molecule has 3 heterocycles. The Balaban J connectivity index is 1.38. The van der Waals surface area contributed by atoms with E-state index in [1.54, 1.807) is 6.92 Å². The number of nitrogens with zero attached hydrogens (tertiary/aromatic N) is 3. The van der Waals surface area contributed by atoms with E-state index in [4.69, 9.17) is 0 Å². The summed E-state index contributed by atoms with van der Waals surface area (Å²) in [5.74, 6) is 1.00. The fourth-order valence-electron chi connectivity index (χ4n) is 4.14. The van der Waals surface area contributed by atoms with Crippen molar-refractivity contribution < 1.29 is 5.11 Å². The molecule has 1 saturated heterocycles. The van der Waals surface area contributed by atoms with Gasteiger partial charge in [0, 0.05) is 32.2 Å². The van der Waals surface area contributed by atoms with Gasteiger partial charge in [0.1, 0.15) is 5.82 Å². The molecule has 25 heavy (non-hydrogen) atoms. The molecule has 0 saturated carbocycles. The molecular formula is C21H27N3O. The monoisotopic (exact) mass is 337 g/mol. The molecule has 4 rings (SSSR count). The fourth-order valence-corrected chi connectivity index (χ4v) is 4.14. The van der Waals surface area contributed by atoms with Crippen molar-refractivity contribution in [2.24, 2.45) is 0 Å². The van der Waals surface area contributed by atoms with Crippen LogP contribution >= 0.6 is 0 Å². The quantitative estimate of drug-likeness (QED) is 0.934. The molecule has 0 amide bonds. The highest BCUT2D eigenvalue weighted by atomic mass is 16.3. The van der Waals surface area contributed by atoms with Crippen LogP contribution in [-0.2, 0) is 13.0 Å². The van der Waals surface area contributed by atoms with Gasteiger partial charge in [-0.2, -0.15) is 0 Å². The van der Waals surface area contributed by atoms with Crippen molar-refractivity contribution in [3.05, 3.63) is 59.3 Å². The van der Waals surface area contributed by atoms with Gasteiger partial charge in [-0.1, -0.05) is 30.3 Å². The van der Waals surface area contributed by atoms with E-state index in [0.29, 0.717) is 6.04 Å². The van der Waals surface area contributed by atoms with Gasteiger partial charge in [0.05, 0.1) is 11.8 Å². The van der Waals surface area contributed by atoms with Gasteiger partial charge < -0.3 is 10.0 Å². The summed E-state index contributed by atoms with van der Waals surface area (Å²) in [6, 6.07) is 15.5. The molecule has 4 nitrogen and oxygen atoms in total. The van der Waals surface area contributed by atoms with Gasteiger partial charge in [-0.15, -0.1) is 0 Å². The first-order chi connectivity index (χ1) is 12.2. The summed E-state index contributed by atoms with van der Waals surface area (Å²) >= 11 is 0. The Hall–Kier alpha value is -1.91. The summed E-state index contributed by atoms with van der Waals surface area (Å²) in [6.45, 7) is 6.12. The van der Waals surface area contributed by atoms with E-state index in [2.05, 4.69) is 45.1 Å². The predicted molar refractivity (Wildman–Crippen MR) is 101 cm³/mol. The second kappa shape index (κ2) is 7.14. The number of hydrogen-bond acceptors (Lipinski definition) is 4. The van der Waals surface area contributed by atoms with Crippen molar-refractivity contribution in [2.45, 2.75) is 44.9 Å². The van der Waals surface area contributed by atoms with Gasteiger partial charge >= 0.3 is 0 Å². The van der Waals surface area contributed by atoms with Crippen LogP contribution in [0.4, 0.5) is 5.82 Å². The molecule has 2 aliphatic rings. The maximum Gasteiger partial charge on any atom is 0.128 e. The van der Waals surface area contributed by atoms with Crippen LogP contribution in [0.25, 0.3) is 0 Å². The largest absolute Gasteiger partial charge is 0.387 e. The van der Waals surface area contributed by atoms with Crippen molar-refractivity contribution in [3.8, 4) is 0 Å². The zero-order valence-electron chi connectivity index (χ0n) is 14.9. The number of anilines is 1. The predicted octanol–water partition coefficient (Wildman–Crippen LogP) is 3.16. The molecule has 1 aromatic heterocycles. The van der Waals surface area contributed by atoms with Crippen LogP contribution in [0.15, 0.2) is 42.5 Å². The van der Waals surface area contributed by atoms with Crippen LogP contribution in [0.2, 0.25) is 0 Å². The molecule has 0 radical (unpaired) electrons. The van der Waals surface area contributed by atoms with E-state index in [1.165, 1.54) is 36.9 Å². The van der Waals surface area contributed by atoms with E-state index in [0.717, 1.165) is 31.1 Å². The Morgan fingerprint density at radius 2 is 1.76 bits per heavy atom. The summed E-state index contributed by atoms with van der Waals surface area (Å²) in [6.07, 6.45) is 3.03. The topological polar surface area (TPSA) is 39.6 Å². The molecule has 2 aliphatic heterocycles. The van der Waals surface area contributed by atoms with Crippen LogP contribution in [-0.4, -0.2) is 40.7 Å². The van der Waals surface area contributed by atoms with Crippen LogP contribution in [0.5, 0.6) is 0 Å². The molecule has 1 fully saturated rings. The lowest BCUT2D eigenvalue weighted by Crippen LogP contribution is -2.46. The van der Waals surface area contributed by atoms with Gasteiger partial charge in [0.15, 0.2) is 0 Å². The van der Waals surface area contributed by atoms with E-state index >= 15 is 0 Å². The van der Waals surface area contributed by atoms with Gasteiger partial charge in [-0.05, 0) is 49.4 Å². The second-order valence-electron chi connectivity index (χ2n) is 7.30. The highest BCUT2D eigenvalue weighted by molar-refractivity contribution is 5.40. The third-order valence-electron chi connectivity index (χ3n) is 5.65. The van der Waals surface area contributed by atoms with Crippen LogP contribution in [0, 0.1) is 0 Å². The highest BCUT2D eigenvalue weighted by Crippen LogP contribution is 2.27. The average molecular weight is 337 g/mol. The molecular weight excluding hydrogens is 310 g/mol. The molecule has 1 aromatic carbocycles. The van der Waals surface area contributed by atoms with E-state index < -0.39 is 6.10 Å². The standard InChI is InChI=1S/C21H27N3O/c1-16(25)20-7-4-8-21(22-20)23-13-10-19(11-14-23)24-12-9-17-5-2-3-6-18(17)15-24/h2-8,16,19,25H,9-15H2,1H3/t16-/m1/s1. The Morgan fingerprint density at radius 3 is 2.52 bits per heavy atom.